The van der Waals surface area contributed by atoms with Gasteiger partial charge in [0.25, 0.3) is 5.91 Å². The Morgan fingerprint density at radius 1 is 1.05 bits per heavy atom. The zero-order chi connectivity index (χ0) is 15.7. The highest BCUT2D eigenvalue weighted by Gasteiger charge is 2.38. The third-order valence-corrected chi connectivity index (χ3v) is 3.69. The molecule has 0 unspecified atom stereocenters. The Balaban J connectivity index is 1.79. The van der Waals surface area contributed by atoms with Crippen LogP contribution in [0.4, 0.5) is 9.18 Å². The number of rotatable bonds is 3. The Morgan fingerprint density at radius 3 is 2.32 bits per heavy atom. The lowest BCUT2D eigenvalue weighted by molar-refractivity contribution is -0.128. The standard InChI is InChI=1S/C17H15FN2O2/c1-11-2-4-12(5-3-11)10-20-16(21)15(19-17(20)22)13-6-8-14(18)9-7-13/h2-9,15H,10H2,1H3,(H,19,22)/t15-/m1/s1. The Kier molecular flexibility index (Phi) is 3.63. The second-order valence-electron chi connectivity index (χ2n) is 5.34. The zero-order valence-electron chi connectivity index (χ0n) is 12.0. The van der Waals surface area contributed by atoms with Gasteiger partial charge in [-0.25, -0.2) is 9.18 Å². The molecule has 2 aromatic rings. The number of urea groups is 1. The number of hydrogen-bond acceptors (Lipinski definition) is 2. The van der Waals surface area contributed by atoms with Crippen LogP contribution >= 0.6 is 0 Å². The fraction of sp³-hybridized carbons (Fsp3) is 0.176. The molecule has 112 valence electrons. The van der Waals surface area contributed by atoms with Gasteiger partial charge in [-0.2, -0.15) is 0 Å². The monoisotopic (exact) mass is 298 g/mol. The molecule has 22 heavy (non-hydrogen) atoms. The van der Waals surface area contributed by atoms with Gasteiger partial charge in [-0.15, -0.1) is 0 Å². The van der Waals surface area contributed by atoms with Crippen LogP contribution in [-0.2, 0) is 11.3 Å². The highest BCUT2D eigenvalue weighted by atomic mass is 19.1. The van der Waals surface area contributed by atoms with E-state index in [1.165, 1.54) is 29.2 Å². The average molecular weight is 298 g/mol. The molecule has 1 saturated heterocycles. The van der Waals surface area contributed by atoms with E-state index in [1.54, 1.807) is 0 Å². The lowest BCUT2D eigenvalue weighted by atomic mass is 10.1. The SMILES string of the molecule is Cc1ccc(CN2C(=O)N[C@H](c3ccc(F)cc3)C2=O)cc1. The van der Waals surface area contributed by atoms with E-state index in [2.05, 4.69) is 5.32 Å². The molecule has 1 N–H and O–H groups in total. The summed E-state index contributed by atoms with van der Waals surface area (Å²) < 4.78 is 13.0. The number of halogens is 1. The van der Waals surface area contributed by atoms with E-state index in [1.807, 2.05) is 31.2 Å². The number of imide groups is 1. The van der Waals surface area contributed by atoms with Crippen molar-refractivity contribution in [3.05, 3.63) is 71.0 Å². The van der Waals surface area contributed by atoms with Crippen LogP contribution in [0.2, 0.25) is 0 Å². The molecule has 1 fully saturated rings. The maximum absolute atomic E-state index is 13.0. The van der Waals surface area contributed by atoms with Crippen LogP contribution in [0.25, 0.3) is 0 Å². The van der Waals surface area contributed by atoms with Gasteiger partial charge in [-0.1, -0.05) is 42.0 Å². The second-order valence-corrected chi connectivity index (χ2v) is 5.34. The average Bonchev–Trinajstić information content (AvgIpc) is 2.78. The molecular formula is C17H15FN2O2. The van der Waals surface area contributed by atoms with Crippen LogP contribution in [0.3, 0.4) is 0 Å². The van der Waals surface area contributed by atoms with E-state index in [-0.39, 0.29) is 18.3 Å². The van der Waals surface area contributed by atoms with Gasteiger partial charge >= 0.3 is 6.03 Å². The Labute approximate surface area is 127 Å². The van der Waals surface area contributed by atoms with Crippen LogP contribution in [0.15, 0.2) is 48.5 Å². The van der Waals surface area contributed by atoms with Gasteiger partial charge in [-0.05, 0) is 30.2 Å². The third-order valence-electron chi connectivity index (χ3n) is 3.69. The van der Waals surface area contributed by atoms with Gasteiger partial charge in [-0.3, -0.25) is 9.69 Å². The van der Waals surface area contributed by atoms with Crippen molar-refractivity contribution < 1.29 is 14.0 Å². The van der Waals surface area contributed by atoms with E-state index in [0.29, 0.717) is 5.56 Å². The summed E-state index contributed by atoms with van der Waals surface area (Å²) in [5.41, 5.74) is 2.57. The smallest absolute Gasteiger partial charge is 0.322 e. The number of hydrogen-bond donors (Lipinski definition) is 1. The fourth-order valence-electron chi connectivity index (χ4n) is 2.43. The molecule has 5 heteroatoms. The third kappa shape index (κ3) is 2.70. The highest BCUT2D eigenvalue weighted by Crippen LogP contribution is 2.23. The minimum atomic E-state index is -0.751. The highest BCUT2D eigenvalue weighted by molar-refractivity contribution is 6.04. The number of carbonyl (C=O) groups excluding carboxylic acids is 2. The van der Waals surface area contributed by atoms with E-state index in [9.17, 15) is 14.0 Å². The van der Waals surface area contributed by atoms with Crippen molar-refractivity contribution in [2.75, 3.05) is 0 Å². The summed E-state index contributed by atoms with van der Waals surface area (Å²) in [6.45, 7) is 2.20. The number of benzene rings is 2. The molecule has 0 aliphatic carbocycles. The summed E-state index contributed by atoms with van der Waals surface area (Å²) in [5, 5.41) is 2.64. The van der Waals surface area contributed by atoms with Gasteiger partial charge < -0.3 is 5.32 Å². The second kappa shape index (κ2) is 5.60. The molecular weight excluding hydrogens is 283 g/mol. The molecule has 0 spiro atoms. The molecule has 0 saturated carbocycles. The molecule has 0 bridgehead atoms. The zero-order valence-corrected chi connectivity index (χ0v) is 12.0. The number of carbonyl (C=O) groups is 2. The summed E-state index contributed by atoms with van der Waals surface area (Å²) in [7, 11) is 0. The summed E-state index contributed by atoms with van der Waals surface area (Å²) in [5.74, 6) is -0.700. The summed E-state index contributed by atoms with van der Waals surface area (Å²) >= 11 is 0. The van der Waals surface area contributed by atoms with Crippen LogP contribution < -0.4 is 5.32 Å². The molecule has 4 nitrogen and oxygen atoms in total. The predicted octanol–water partition coefficient (Wildman–Crippen LogP) is 2.93. The molecule has 1 atom stereocenters. The fourth-order valence-corrected chi connectivity index (χ4v) is 2.43. The summed E-state index contributed by atoms with van der Waals surface area (Å²) in [6, 6.07) is 12.0. The van der Waals surface area contributed by atoms with Crippen molar-refractivity contribution in [1.82, 2.24) is 10.2 Å². The molecule has 0 aromatic heterocycles. The first-order valence-corrected chi connectivity index (χ1v) is 6.97. The van der Waals surface area contributed by atoms with Gasteiger partial charge in [0, 0.05) is 0 Å². The van der Waals surface area contributed by atoms with Crippen LogP contribution in [-0.4, -0.2) is 16.8 Å². The molecule has 1 heterocycles. The van der Waals surface area contributed by atoms with E-state index < -0.39 is 12.1 Å². The van der Waals surface area contributed by atoms with Crippen molar-refractivity contribution in [2.24, 2.45) is 0 Å². The quantitative estimate of drug-likeness (QED) is 0.886. The van der Waals surface area contributed by atoms with Crippen LogP contribution in [0, 0.1) is 12.7 Å². The predicted molar refractivity (Wildman–Crippen MR) is 79.4 cm³/mol. The first-order chi connectivity index (χ1) is 10.5. The number of nitrogens with one attached hydrogen (secondary N) is 1. The van der Waals surface area contributed by atoms with E-state index in [0.717, 1.165) is 11.1 Å². The largest absolute Gasteiger partial charge is 0.325 e. The molecule has 3 amide bonds. The topological polar surface area (TPSA) is 49.4 Å². The maximum atomic E-state index is 13.0. The lowest BCUT2D eigenvalue weighted by Gasteiger charge is -2.13. The van der Waals surface area contributed by atoms with Gasteiger partial charge in [0.05, 0.1) is 6.54 Å². The minimum absolute atomic E-state index is 0.225. The Hall–Kier alpha value is -2.69. The van der Waals surface area contributed by atoms with Crippen LogP contribution in [0.5, 0.6) is 0 Å². The maximum Gasteiger partial charge on any atom is 0.325 e. The van der Waals surface area contributed by atoms with Crippen molar-refractivity contribution in [3.8, 4) is 0 Å². The Morgan fingerprint density at radius 2 is 1.68 bits per heavy atom. The van der Waals surface area contributed by atoms with Crippen molar-refractivity contribution >= 4 is 11.9 Å². The summed E-state index contributed by atoms with van der Waals surface area (Å²) in [4.78, 5) is 25.6. The van der Waals surface area contributed by atoms with Crippen molar-refractivity contribution in [1.29, 1.82) is 0 Å². The first-order valence-electron chi connectivity index (χ1n) is 6.97. The molecule has 3 rings (SSSR count). The summed E-state index contributed by atoms with van der Waals surface area (Å²) in [6.07, 6.45) is 0. The molecule has 1 aliphatic heterocycles. The number of aryl methyl sites for hydroxylation is 1. The lowest BCUT2D eigenvalue weighted by Crippen LogP contribution is -2.30. The van der Waals surface area contributed by atoms with E-state index in [4.69, 9.17) is 0 Å². The van der Waals surface area contributed by atoms with Gasteiger partial charge in [0.15, 0.2) is 0 Å². The van der Waals surface area contributed by atoms with Crippen LogP contribution in [0.1, 0.15) is 22.7 Å². The first kappa shape index (κ1) is 14.3. The normalized spacial score (nSPS) is 17.7. The molecule has 0 radical (unpaired) electrons. The van der Waals surface area contributed by atoms with Gasteiger partial charge in [0.2, 0.25) is 0 Å². The number of nitrogens with zero attached hydrogens (tertiary/aromatic N) is 1. The van der Waals surface area contributed by atoms with Crippen molar-refractivity contribution in [2.45, 2.75) is 19.5 Å². The van der Waals surface area contributed by atoms with E-state index >= 15 is 0 Å². The number of amides is 3. The molecule has 1 aliphatic rings. The van der Waals surface area contributed by atoms with Gasteiger partial charge in [0.1, 0.15) is 11.9 Å². The Bertz CT molecular complexity index is 710. The molecule has 2 aromatic carbocycles. The minimum Gasteiger partial charge on any atom is -0.322 e. The van der Waals surface area contributed by atoms with Crippen molar-refractivity contribution in [3.63, 3.8) is 0 Å².